The molecule has 2 amide bonds. The van der Waals surface area contributed by atoms with E-state index < -0.39 is 0 Å². The van der Waals surface area contributed by atoms with Crippen molar-refractivity contribution in [3.8, 4) is 11.3 Å². The molecule has 0 radical (unpaired) electrons. The van der Waals surface area contributed by atoms with Gasteiger partial charge in [-0.15, -0.1) is 0 Å². The van der Waals surface area contributed by atoms with Crippen LogP contribution in [0.1, 0.15) is 12.8 Å². The number of carbonyl (C=O) groups is 1. The highest BCUT2D eigenvalue weighted by atomic mass is 16.2. The molecule has 24 heavy (non-hydrogen) atoms. The van der Waals surface area contributed by atoms with Gasteiger partial charge in [0.25, 0.3) is 0 Å². The highest BCUT2D eigenvalue weighted by Gasteiger charge is 2.35. The van der Waals surface area contributed by atoms with E-state index in [4.69, 9.17) is 0 Å². The lowest BCUT2D eigenvalue weighted by Gasteiger charge is -2.17. The van der Waals surface area contributed by atoms with E-state index in [9.17, 15) is 4.79 Å². The predicted octanol–water partition coefficient (Wildman–Crippen LogP) is 3.52. The summed E-state index contributed by atoms with van der Waals surface area (Å²) in [5.41, 5.74) is 1.92. The first-order valence-electron chi connectivity index (χ1n) is 8.51. The van der Waals surface area contributed by atoms with Gasteiger partial charge in [-0.3, -0.25) is 10.00 Å². The Morgan fingerprint density at radius 1 is 1.12 bits per heavy atom. The lowest BCUT2D eigenvalue weighted by molar-refractivity contribution is 0.220. The molecule has 0 unspecified atom stereocenters. The van der Waals surface area contributed by atoms with Crippen LogP contribution in [-0.2, 0) is 7.05 Å². The minimum absolute atomic E-state index is 0.0213. The Hall–Kier alpha value is -2.56. The summed E-state index contributed by atoms with van der Waals surface area (Å²) in [5.74, 6) is 1.96. The maximum Gasteiger partial charge on any atom is 0.323 e. The van der Waals surface area contributed by atoms with Crippen molar-refractivity contribution in [3.63, 3.8) is 0 Å². The van der Waals surface area contributed by atoms with Gasteiger partial charge in [-0.1, -0.05) is 42.5 Å². The number of rotatable bonds is 2. The lowest BCUT2D eigenvalue weighted by Crippen LogP contribution is -2.33. The van der Waals surface area contributed by atoms with Gasteiger partial charge in [0.2, 0.25) is 0 Å². The molecular formula is C19H22N4O. The Labute approximate surface area is 142 Å². The van der Waals surface area contributed by atoms with Crippen LogP contribution in [0, 0.1) is 11.8 Å². The van der Waals surface area contributed by atoms with Crippen molar-refractivity contribution in [2.75, 3.05) is 18.4 Å². The van der Waals surface area contributed by atoms with Crippen LogP contribution in [0.5, 0.6) is 0 Å². The maximum absolute atomic E-state index is 12.6. The SMILES string of the molecule is Cn1nc(-c2ccccc2)cc1NC(=O)N1C[C@H]2CC=CC[C@H]2C1. The van der Waals surface area contributed by atoms with Crippen LogP contribution in [0.25, 0.3) is 11.3 Å². The normalized spacial score (nSPS) is 22.5. The van der Waals surface area contributed by atoms with Crippen molar-refractivity contribution in [2.45, 2.75) is 12.8 Å². The van der Waals surface area contributed by atoms with Crippen LogP contribution in [0.4, 0.5) is 10.6 Å². The van der Waals surface area contributed by atoms with Crippen LogP contribution in [-0.4, -0.2) is 33.8 Å². The molecule has 2 aromatic rings. The second-order valence-corrected chi connectivity index (χ2v) is 6.70. The summed E-state index contributed by atoms with van der Waals surface area (Å²) in [6, 6.07) is 11.9. The Balaban J connectivity index is 1.46. The number of hydrogen-bond acceptors (Lipinski definition) is 2. The molecule has 1 aromatic carbocycles. The number of carbonyl (C=O) groups excluding carboxylic acids is 1. The molecule has 1 fully saturated rings. The number of nitrogens with one attached hydrogen (secondary N) is 1. The van der Waals surface area contributed by atoms with Gasteiger partial charge in [0, 0.05) is 31.8 Å². The molecule has 5 heteroatoms. The second-order valence-electron chi connectivity index (χ2n) is 6.70. The summed E-state index contributed by atoms with van der Waals surface area (Å²) < 4.78 is 1.73. The topological polar surface area (TPSA) is 50.2 Å². The lowest BCUT2D eigenvalue weighted by atomic mass is 9.86. The summed E-state index contributed by atoms with van der Waals surface area (Å²) in [6.07, 6.45) is 6.68. The number of amides is 2. The van der Waals surface area contributed by atoms with Crippen molar-refractivity contribution in [2.24, 2.45) is 18.9 Å². The van der Waals surface area contributed by atoms with Crippen LogP contribution in [0.3, 0.4) is 0 Å². The van der Waals surface area contributed by atoms with E-state index in [1.54, 1.807) is 4.68 Å². The Kier molecular flexibility index (Phi) is 3.84. The number of fused-ring (bicyclic) bond motifs is 1. The van der Waals surface area contributed by atoms with Crippen molar-refractivity contribution >= 4 is 11.8 Å². The average molecular weight is 322 g/mol. The summed E-state index contributed by atoms with van der Waals surface area (Å²) >= 11 is 0. The van der Waals surface area contributed by atoms with E-state index in [0.717, 1.165) is 43.0 Å². The van der Waals surface area contributed by atoms with Gasteiger partial charge in [0.1, 0.15) is 5.82 Å². The number of nitrogens with zero attached hydrogens (tertiary/aromatic N) is 3. The van der Waals surface area contributed by atoms with Gasteiger partial charge in [-0.05, 0) is 24.7 Å². The van der Waals surface area contributed by atoms with Crippen molar-refractivity contribution in [1.29, 1.82) is 0 Å². The van der Waals surface area contributed by atoms with E-state index in [2.05, 4.69) is 22.6 Å². The molecule has 2 aliphatic rings. The fourth-order valence-corrected chi connectivity index (χ4v) is 3.70. The first kappa shape index (κ1) is 15.0. The van der Waals surface area contributed by atoms with E-state index in [1.807, 2.05) is 48.3 Å². The summed E-state index contributed by atoms with van der Waals surface area (Å²) in [5, 5.41) is 7.53. The molecule has 2 atom stereocenters. The molecule has 0 bridgehead atoms. The van der Waals surface area contributed by atoms with Crippen molar-refractivity contribution < 1.29 is 4.79 Å². The van der Waals surface area contributed by atoms with E-state index in [1.165, 1.54) is 0 Å². The molecule has 1 aromatic heterocycles. The summed E-state index contributed by atoms with van der Waals surface area (Å²) in [6.45, 7) is 1.70. The number of urea groups is 1. The number of benzene rings is 1. The third kappa shape index (κ3) is 2.82. The Bertz CT molecular complexity index is 749. The highest BCUT2D eigenvalue weighted by molar-refractivity contribution is 5.89. The van der Waals surface area contributed by atoms with Gasteiger partial charge >= 0.3 is 6.03 Å². The third-order valence-electron chi connectivity index (χ3n) is 5.09. The molecular weight excluding hydrogens is 300 g/mol. The van der Waals surface area contributed by atoms with Crippen LogP contribution < -0.4 is 5.32 Å². The molecule has 0 spiro atoms. The van der Waals surface area contributed by atoms with Gasteiger partial charge in [0.15, 0.2) is 0 Å². The average Bonchev–Trinajstić information content (AvgIpc) is 3.20. The molecule has 2 heterocycles. The minimum atomic E-state index is -0.0213. The van der Waals surface area contributed by atoms with Crippen LogP contribution in [0.2, 0.25) is 0 Å². The number of hydrogen-bond donors (Lipinski definition) is 1. The van der Waals surface area contributed by atoms with E-state index in [0.29, 0.717) is 11.8 Å². The quantitative estimate of drug-likeness (QED) is 0.860. The maximum atomic E-state index is 12.6. The smallest absolute Gasteiger partial charge is 0.323 e. The van der Waals surface area contributed by atoms with Gasteiger partial charge in [0.05, 0.1) is 5.69 Å². The molecule has 0 saturated carbocycles. The van der Waals surface area contributed by atoms with Gasteiger partial charge in [-0.25, -0.2) is 4.79 Å². The molecule has 1 aliphatic heterocycles. The zero-order chi connectivity index (χ0) is 16.5. The fourth-order valence-electron chi connectivity index (χ4n) is 3.70. The highest BCUT2D eigenvalue weighted by Crippen LogP contribution is 2.33. The molecule has 1 saturated heterocycles. The Morgan fingerprint density at radius 2 is 1.79 bits per heavy atom. The van der Waals surface area contributed by atoms with Crippen LogP contribution in [0.15, 0.2) is 48.6 Å². The van der Waals surface area contributed by atoms with Gasteiger partial charge in [-0.2, -0.15) is 5.10 Å². The van der Waals surface area contributed by atoms with Crippen molar-refractivity contribution in [3.05, 3.63) is 48.6 Å². The molecule has 4 rings (SSSR count). The molecule has 1 N–H and O–H groups in total. The number of aryl methyl sites for hydroxylation is 1. The monoisotopic (exact) mass is 322 g/mol. The molecule has 124 valence electrons. The fraction of sp³-hybridized carbons (Fsp3) is 0.368. The zero-order valence-corrected chi connectivity index (χ0v) is 13.9. The largest absolute Gasteiger partial charge is 0.324 e. The predicted molar refractivity (Wildman–Crippen MR) is 94.6 cm³/mol. The third-order valence-corrected chi connectivity index (χ3v) is 5.09. The van der Waals surface area contributed by atoms with E-state index in [-0.39, 0.29) is 6.03 Å². The number of allylic oxidation sites excluding steroid dienone is 2. The number of aromatic nitrogens is 2. The Morgan fingerprint density at radius 3 is 2.46 bits per heavy atom. The first-order chi connectivity index (χ1) is 11.7. The van der Waals surface area contributed by atoms with E-state index >= 15 is 0 Å². The summed E-state index contributed by atoms with van der Waals surface area (Å²) in [4.78, 5) is 14.6. The first-order valence-corrected chi connectivity index (χ1v) is 8.51. The van der Waals surface area contributed by atoms with Gasteiger partial charge < -0.3 is 4.90 Å². The standard InChI is InChI=1S/C19H22N4O/c1-22-18(11-17(21-22)14-7-3-2-4-8-14)20-19(24)23-12-15-9-5-6-10-16(15)13-23/h2-8,11,15-16H,9-10,12-13H2,1H3,(H,20,24)/t15-,16+. The summed E-state index contributed by atoms with van der Waals surface area (Å²) in [7, 11) is 1.86. The number of likely N-dealkylation sites (tertiary alicyclic amines) is 1. The number of anilines is 1. The molecule has 1 aliphatic carbocycles. The van der Waals surface area contributed by atoms with Crippen LogP contribution >= 0.6 is 0 Å². The molecule has 5 nitrogen and oxygen atoms in total. The zero-order valence-electron chi connectivity index (χ0n) is 13.9. The minimum Gasteiger partial charge on any atom is -0.324 e. The second kappa shape index (κ2) is 6.15. The van der Waals surface area contributed by atoms with Crippen molar-refractivity contribution in [1.82, 2.24) is 14.7 Å².